The Hall–Kier alpha value is -0.160. The van der Waals surface area contributed by atoms with Gasteiger partial charge in [-0.15, -0.1) is 0 Å². The van der Waals surface area contributed by atoms with Crippen LogP contribution in [0, 0.1) is 0 Å². The molecule has 0 heterocycles. The van der Waals surface area contributed by atoms with E-state index >= 15 is 0 Å². The van der Waals surface area contributed by atoms with Gasteiger partial charge in [0.25, 0.3) is 0 Å². The molecule has 0 spiro atoms. The van der Waals surface area contributed by atoms with Gasteiger partial charge < -0.3 is 0 Å². The molecule has 0 aromatic carbocycles. The molecular formula is C9H24N4. The molecule has 4 heteroatoms. The largest absolute Gasteiger partial charge is 0.274 e. The van der Waals surface area contributed by atoms with Crippen molar-refractivity contribution in [2.75, 3.05) is 26.2 Å². The van der Waals surface area contributed by atoms with Crippen LogP contribution in [0.3, 0.4) is 0 Å². The molecule has 0 aromatic rings. The van der Waals surface area contributed by atoms with Gasteiger partial charge in [0, 0.05) is 0 Å². The summed E-state index contributed by atoms with van der Waals surface area (Å²) in [5, 5.41) is 13.5. The third-order valence-corrected chi connectivity index (χ3v) is 1.77. The summed E-state index contributed by atoms with van der Waals surface area (Å²) in [6, 6.07) is 0. The van der Waals surface area contributed by atoms with Gasteiger partial charge in [-0.05, 0) is 26.2 Å². The second-order valence-electron chi connectivity index (χ2n) is 2.87. The fourth-order valence-electron chi connectivity index (χ4n) is 1.44. The lowest BCUT2D eigenvalue weighted by Gasteiger charge is -2.36. The molecule has 0 saturated heterocycles. The Morgan fingerprint density at radius 1 is 0.615 bits per heavy atom. The van der Waals surface area contributed by atoms with Crippen LogP contribution in [0.25, 0.3) is 0 Å². The molecule has 4 nitrogen and oxygen atoms in total. The zero-order valence-corrected chi connectivity index (χ0v) is 9.33. The summed E-state index contributed by atoms with van der Waals surface area (Å²) in [6.07, 6.45) is 0. The molecule has 0 aromatic heterocycles. The van der Waals surface area contributed by atoms with Crippen molar-refractivity contribution in [2.45, 2.75) is 33.6 Å². The first-order chi connectivity index (χ1) is 6.24. The molecule has 0 aliphatic rings. The van der Waals surface area contributed by atoms with E-state index in [0.29, 0.717) is 0 Å². The van der Waals surface area contributed by atoms with Crippen LogP contribution in [-0.4, -0.2) is 32.1 Å². The molecule has 13 heavy (non-hydrogen) atoms. The number of nitrogens with one attached hydrogen (secondary N) is 4. The van der Waals surface area contributed by atoms with Crippen LogP contribution in [0.15, 0.2) is 0 Å². The monoisotopic (exact) mass is 188 g/mol. The Bertz CT molecular complexity index is 86.7. The Kier molecular flexibility index (Phi) is 7.17. The van der Waals surface area contributed by atoms with Gasteiger partial charge >= 0.3 is 0 Å². The maximum absolute atomic E-state index is 3.37. The molecule has 0 aliphatic carbocycles. The predicted molar refractivity (Wildman–Crippen MR) is 57.4 cm³/mol. The number of rotatable bonds is 8. The highest BCUT2D eigenvalue weighted by molar-refractivity contribution is 4.78. The molecule has 0 rings (SSSR count). The first-order valence-electron chi connectivity index (χ1n) is 5.24. The summed E-state index contributed by atoms with van der Waals surface area (Å²) in [7, 11) is 0. The first-order valence-corrected chi connectivity index (χ1v) is 5.24. The fraction of sp³-hybridized carbons (Fsp3) is 1.00. The molecule has 0 saturated carbocycles. The van der Waals surface area contributed by atoms with Gasteiger partial charge in [-0.25, -0.2) is 0 Å². The minimum atomic E-state index is -0.299. The molecular weight excluding hydrogens is 164 g/mol. The maximum atomic E-state index is 3.37. The lowest BCUT2D eigenvalue weighted by atomic mass is 10.4. The van der Waals surface area contributed by atoms with E-state index in [9.17, 15) is 0 Å². The Labute approximate surface area is 81.9 Å². The first kappa shape index (κ1) is 12.8. The zero-order chi connectivity index (χ0) is 10.2. The molecule has 4 N–H and O–H groups in total. The van der Waals surface area contributed by atoms with Crippen LogP contribution in [0.1, 0.15) is 27.7 Å². The second-order valence-corrected chi connectivity index (χ2v) is 2.87. The van der Waals surface area contributed by atoms with Crippen molar-refractivity contribution in [1.82, 2.24) is 21.3 Å². The van der Waals surface area contributed by atoms with Crippen molar-refractivity contribution in [3.63, 3.8) is 0 Å². The smallest absolute Gasteiger partial charge is 0.181 e. The van der Waals surface area contributed by atoms with Crippen LogP contribution < -0.4 is 21.3 Å². The standard InChI is InChI=1S/C9H24N4/c1-5-10-9(11-6-2,12-7-3)13-8-4/h10-13H,5-8H2,1-4H3. The average Bonchev–Trinajstić information content (AvgIpc) is 2.06. The van der Waals surface area contributed by atoms with Crippen molar-refractivity contribution in [3.8, 4) is 0 Å². The van der Waals surface area contributed by atoms with E-state index in [0.717, 1.165) is 26.2 Å². The Morgan fingerprint density at radius 2 is 0.846 bits per heavy atom. The normalized spacial score (nSPS) is 12.0. The lowest BCUT2D eigenvalue weighted by molar-refractivity contribution is 0.159. The van der Waals surface area contributed by atoms with E-state index in [1.807, 2.05) is 0 Å². The topological polar surface area (TPSA) is 48.1 Å². The maximum Gasteiger partial charge on any atom is 0.181 e. The highest BCUT2D eigenvalue weighted by Crippen LogP contribution is 1.88. The molecule has 0 atom stereocenters. The van der Waals surface area contributed by atoms with Crippen molar-refractivity contribution >= 4 is 0 Å². The van der Waals surface area contributed by atoms with E-state index in [2.05, 4.69) is 49.0 Å². The third kappa shape index (κ3) is 4.57. The van der Waals surface area contributed by atoms with Gasteiger partial charge in [0.05, 0.1) is 0 Å². The highest BCUT2D eigenvalue weighted by atomic mass is 15.5. The minimum Gasteiger partial charge on any atom is -0.274 e. The van der Waals surface area contributed by atoms with Gasteiger partial charge in [0.1, 0.15) is 0 Å². The third-order valence-electron chi connectivity index (χ3n) is 1.77. The SMILES string of the molecule is CCNC(NCC)(NCC)NCC. The zero-order valence-electron chi connectivity index (χ0n) is 9.33. The second kappa shape index (κ2) is 7.26. The average molecular weight is 188 g/mol. The van der Waals surface area contributed by atoms with Gasteiger partial charge in [0.2, 0.25) is 0 Å². The van der Waals surface area contributed by atoms with Crippen molar-refractivity contribution < 1.29 is 0 Å². The summed E-state index contributed by atoms with van der Waals surface area (Å²) in [4.78, 5) is 0. The summed E-state index contributed by atoms with van der Waals surface area (Å²) in [6.45, 7) is 12.1. The van der Waals surface area contributed by atoms with Crippen LogP contribution >= 0.6 is 0 Å². The molecule has 0 bridgehead atoms. The van der Waals surface area contributed by atoms with E-state index in [-0.39, 0.29) is 5.91 Å². The van der Waals surface area contributed by atoms with Gasteiger partial charge in [-0.3, -0.25) is 21.3 Å². The fourth-order valence-corrected chi connectivity index (χ4v) is 1.44. The van der Waals surface area contributed by atoms with Crippen LogP contribution in [0.4, 0.5) is 0 Å². The van der Waals surface area contributed by atoms with E-state index in [1.165, 1.54) is 0 Å². The Morgan fingerprint density at radius 3 is 1.00 bits per heavy atom. The van der Waals surface area contributed by atoms with Crippen LogP contribution in [0.2, 0.25) is 0 Å². The van der Waals surface area contributed by atoms with Crippen molar-refractivity contribution in [3.05, 3.63) is 0 Å². The summed E-state index contributed by atoms with van der Waals surface area (Å²) >= 11 is 0. The van der Waals surface area contributed by atoms with Gasteiger partial charge in [0.15, 0.2) is 5.91 Å². The van der Waals surface area contributed by atoms with E-state index in [4.69, 9.17) is 0 Å². The molecule has 0 fully saturated rings. The van der Waals surface area contributed by atoms with Crippen molar-refractivity contribution in [2.24, 2.45) is 0 Å². The van der Waals surface area contributed by atoms with Crippen molar-refractivity contribution in [1.29, 1.82) is 0 Å². The quantitative estimate of drug-likeness (QED) is 0.406. The highest BCUT2D eigenvalue weighted by Gasteiger charge is 2.24. The van der Waals surface area contributed by atoms with E-state index < -0.39 is 0 Å². The molecule has 80 valence electrons. The van der Waals surface area contributed by atoms with Crippen LogP contribution in [0.5, 0.6) is 0 Å². The number of hydrogen-bond donors (Lipinski definition) is 4. The summed E-state index contributed by atoms with van der Waals surface area (Å²) in [5.41, 5.74) is 0. The number of hydrogen-bond acceptors (Lipinski definition) is 4. The lowest BCUT2D eigenvalue weighted by Crippen LogP contribution is -2.74. The van der Waals surface area contributed by atoms with E-state index in [1.54, 1.807) is 0 Å². The predicted octanol–water partition coefficient (Wildman–Crippen LogP) is 0.0357. The van der Waals surface area contributed by atoms with Crippen LogP contribution in [-0.2, 0) is 0 Å². The van der Waals surface area contributed by atoms with Gasteiger partial charge in [-0.1, -0.05) is 27.7 Å². The molecule has 0 aliphatic heterocycles. The molecule has 0 unspecified atom stereocenters. The summed E-state index contributed by atoms with van der Waals surface area (Å²) < 4.78 is 0. The minimum absolute atomic E-state index is 0.299. The van der Waals surface area contributed by atoms with Gasteiger partial charge in [-0.2, -0.15) is 0 Å². The summed E-state index contributed by atoms with van der Waals surface area (Å²) in [5.74, 6) is -0.299. The molecule has 0 amide bonds. The molecule has 0 radical (unpaired) electrons. The Balaban J connectivity index is 4.19.